The third-order valence-electron chi connectivity index (χ3n) is 4.41. The van der Waals surface area contributed by atoms with E-state index in [2.05, 4.69) is 5.32 Å². The number of hydrogen-bond acceptors (Lipinski definition) is 4. The number of nitrogens with zero attached hydrogens (tertiary/aromatic N) is 2. The summed E-state index contributed by atoms with van der Waals surface area (Å²) in [5, 5.41) is 3.00. The van der Waals surface area contributed by atoms with Crippen LogP contribution in [0.5, 0.6) is 11.5 Å². The Bertz CT molecular complexity index is 629. The normalized spacial score (nSPS) is 16.5. The summed E-state index contributed by atoms with van der Waals surface area (Å²) in [7, 11) is 3.13. The van der Waals surface area contributed by atoms with Gasteiger partial charge in [0.1, 0.15) is 0 Å². The zero-order valence-corrected chi connectivity index (χ0v) is 16.1. The van der Waals surface area contributed by atoms with Gasteiger partial charge in [-0.1, -0.05) is 13.8 Å². The van der Waals surface area contributed by atoms with E-state index in [1.807, 2.05) is 24.8 Å². The van der Waals surface area contributed by atoms with Crippen LogP contribution < -0.4 is 19.7 Å². The monoisotopic (exact) mass is 363 g/mol. The van der Waals surface area contributed by atoms with Gasteiger partial charge in [-0.25, -0.2) is 4.79 Å². The van der Waals surface area contributed by atoms with E-state index in [4.69, 9.17) is 9.47 Å². The van der Waals surface area contributed by atoms with Gasteiger partial charge in [0, 0.05) is 37.8 Å². The van der Waals surface area contributed by atoms with Crippen LogP contribution in [0.15, 0.2) is 18.2 Å². The fourth-order valence-corrected chi connectivity index (χ4v) is 3.17. The number of methoxy groups -OCH3 is 2. The number of carbonyl (C=O) groups is 2. The van der Waals surface area contributed by atoms with Crippen LogP contribution in [0.4, 0.5) is 10.5 Å². The Morgan fingerprint density at radius 1 is 1.19 bits per heavy atom. The molecule has 0 spiro atoms. The fourth-order valence-electron chi connectivity index (χ4n) is 3.17. The van der Waals surface area contributed by atoms with E-state index in [1.54, 1.807) is 31.3 Å². The van der Waals surface area contributed by atoms with Crippen LogP contribution in [-0.4, -0.2) is 56.7 Å². The fraction of sp³-hybridized carbons (Fsp3) is 0.579. The Labute approximate surface area is 155 Å². The molecule has 1 saturated heterocycles. The lowest BCUT2D eigenvalue weighted by Gasteiger charge is -2.24. The summed E-state index contributed by atoms with van der Waals surface area (Å²) < 4.78 is 10.5. The van der Waals surface area contributed by atoms with Gasteiger partial charge in [-0.3, -0.25) is 4.79 Å². The van der Waals surface area contributed by atoms with Crippen molar-refractivity contribution in [1.29, 1.82) is 0 Å². The summed E-state index contributed by atoms with van der Waals surface area (Å²) in [6.07, 6.45) is 2.12. The quantitative estimate of drug-likeness (QED) is 0.771. The number of benzene rings is 1. The van der Waals surface area contributed by atoms with Crippen molar-refractivity contribution in [2.24, 2.45) is 0 Å². The third kappa shape index (κ3) is 4.59. The van der Waals surface area contributed by atoms with Crippen molar-refractivity contribution in [3.8, 4) is 11.5 Å². The van der Waals surface area contributed by atoms with Gasteiger partial charge >= 0.3 is 6.03 Å². The summed E-state index contributed by atoms with van der Waals surface area (Å²) in [5.74, 6) is 1.17. The van der Waals surface area contributed by atoms with Crippen LogP contribution >= 0.6 is 0 Å². The Morgan fingerprint density at radius 3 is 2.42 bits per heavy atom. The average Bonchev–Trinajstić information content (AvgIpc) is 3.00. The topological polar surface area (TPSA) is 71.1 Å². The van der Waals surface area contributed by atoms with Gasteiger partial charge in [-0.05, 0) is 25.0 Å². The second-order valence-electron chi connectivity index (χ2n) is 6.38. The van der Waals surface area contributed by atoms with E-state index >= 15 is 0 Å². The number of urea groups is 1. The predicted octanol–water partition coefficient (Wildman–Crippen LogP) is 2.64. The molecule has 1 aromatic rings. The van der Waals surface area contributed by atoms with Crippen LogP contribution in [0, 0.1) is 0 Å². The summed E-state index contributed by atoms with van der Waals surface area (Å²) in [6, 6.07) is 5.09. The Morgan fingerprint density at radius 2 is 1.85 bits per heavy atom. The van der Waals surface area contributed by atoms with Crippen molar-refractivity contribution >= 4 is 17.6 Å². The smallest absolute Gasteiger partial charge is 0.317 e. The number of rotatable bonds is 8. The number of ether oxygens (including phenoxy) is 2. The van der Waals surface area contributed by atoms with E-state index in [9.17, 15) is 9.59 Å². The minimum atomic E-state index is -0.195. The molecule has 0 unspecified atom stereocenters. The van der Waals surface area contributed by atoms with E-state index in [0.29, 0.717) is 24.5 Å². The van der Waals surface area contributed by atoms with Crippen LogP contribution in [0.25, 0.3) is 0 Å². The van der Waals surface area contributed by atoms with Crippen molar-refractivity contribution in [2.45, 2.75) is 39.2 Å². The highest BCUT2D eigenvalue weighted by Gasteiger charge is 2.32. The first-order valence-electron chi connectivity index (χ1n) is 9.11. The van der Waals surface area contributed by atoms with Crippen molar-refractivity contribution in [1.82, 2.24) is 10.2 Å². The number of amides is 3. The van der Waals surface area contributed by atoms with E-state index in [-0.39, 0.29) is 18.0 Å². The second-order valence-corrected chi connectivity index (χ2v) is 6.38. The molecular formula is C19H29N3O4. The molecule has 7 heteroatoms. The Hall–Kier alpha value is -2.44. The van der Waals surface area contributed by atoms with Crippen LogP contribution in [-0.2, 0) is 4.79 Å². The lowest BCUT2D eigenvalue weighted by atomic mass is 10.2. The molecule has 144 valence electrons. The number of anilines is 1. The van der Waals surface area contributed by atoms with Crippen LogP contribution in [0.2, 0.25) is 0 Å². The van der Waals surface area contributed by atoms with Gasteiger partial charge in [0.2, 0.25) is 5.91 Å². The molecule has 1 atom stereocenters. The maximum Gasteiger partial charge on any atom is 0.317 e. The van der Waals surface area contributed by atoms with E-state index in [1.165, 1.54) is 0 Å². The second kappa shape index (κ2) is 9.31. The summed E-state index contributed by atoms with van der Waals surface area (Å²) >= 11 is 0. The molecule has 1 aliphatic rings. The molecule has 0 bridgehead atoms. The molecule has 1 fully saturated rings. The predicted molar refractivity (Wildman–Crippen MR) is 101 cm³/mol. The average molecular weight is 363 g/mol. The molecule has 3 amide bonds. The minimum Gasteiger partial charge on any atom is -0.493 e. The van der Waals surface area contributed by atoms with Crippen LogP contribution in [0.3, 0.4) is 0 Å². The molecule has 0 aliphatic carbocycles. The number of nitrogens with one attached hydrogen (secondary N) is 1. The van der Waals surface area contributed by atoms with Gasteiger partial charge in [0.15, 0.2) is 11.5 Å². The molecular weight excluding hydrogens is 334 g/mol. The Balaban J connectivity index is 2.05. The van der Waals surface area contributed by atoms with Gasteiger partial charge < -0.3 is 24.6 Å². The number of hydrogen-bond donors (Lipinski definition) is 1. The van der Waals surface area contributed by atoms with Gasteiger partial charge in [0.05, 0.1) is 20.3 Å². The highest BCUT2D eigenvalue weighted by Crippen LogP contribution is 2.33. The first-order valence-corrected chi connectivity index (χ1v) is 9.11. The molecule has 0 saturated carbocycles. The van der Waals surface area contributed by atoms with Gasteiger partial charge in [0.25, 0.3) is 0 Å². The zero-order chi connectivity index (χ0) is 19.1. The summed E-state index contributed by atoms with van der Waals surface area (Å²) in [5.41, 5.74) is 0.739. The lowest BCUT2D eigenvalue weighted by molar-refractivity contribution is -0.117. The molecule has 0 aromatic heterocycles. The van der Waals surface area contributed by atoms with Crippen molar-refractivity contribution in [3.63, 3.8) is 0 Å². The molecule has 26 heavy (non-hydrogen) atoms. The number of carbonyl (C=O) groups excluding carboxylic acids is 2. The molecule has 2 rings (SSSR count). The first-order chi connectivity index (χ1) is 12.5. The lowest BCUT2D eigenvalue weighted by Crippen LogP contribution is -2.46. The highest BCUT2D eigenvalue weighted by atomic mass is 16.5. The van der Waals surface area contributed by atoms with Crippen molar-refractivity contribution in [3.05, 3.63) is 18.2 Å². The minimum absolute atomic E-state index is 0.0138. The summed E-state index contributed by atoms with van der Waals surface area (Å²) in [6.45, 7) is 5.99. The molecule has 1 aliphatic heterocycles. The van der Waals surface area contributed by atoms with Crippen molar-refractivity contribution in [2.75, 3.05) is 38.8 Å². The van der Waals surface area contributed by atoms with Gasteiger partial charge in [-0.2, -0.15) is 0 Å². The van der Waals surface area contributed by atoms with E-state index < -0.39 is 0 Å². The largest absolute Gasteiger partial charge is 0.493 e. The maximum absolute atomic E-state index is 12.5. The SMILES string of the molecule is CCCN(CCC)C(=O)N[C@H]1CC(=O)N(c2ccc(OC)c(OC)c2)C1. The zero-order valence-electron chi connectivity index (χ0n) is 16.1. The first kappa shape index (κ1) is 19.9. The van der Waals surface area contributed by atoms with Crippen molar-refractivity contribution < 1.29 is 19.1 Å². The molecule has 1 N–H and O–H groups in total. The molecule has 7 nitrogen and oxygen atoms in total. The standard InChI is InChI=1S/C19H29N3O4/c1-5-9-21(10-6-2)19(24)20-14-11-18(23)22(13-14)15-7-8-16(25-3)17(12-15)26-4/h7-8,12,14H,5-6,9-11,13H2,1-4H3,(H,20,24)/t14-/m0/s1. The van der Waals surface area contributed by atoms with Gasteiger partial charge in [-0.15, -0.1) is 0 Å². The maximum atomic E-state index is 12.5. The molecule has 1 heterocycles. The third-order valence-corrected chi connectivity index (χ3v) is 4.41. The highest BCUT2D eigenvalue weighted by molar-refractivity contribution is 5.97. The van der Waals surface area contributed by atoms with E-state index in [0.717, 1.165) is 31.6 Å². The Kier molecular flexibility index (Phi) is 7.12. The molecule has 0 radical (unpaired) electrons. The van der Waals surface area contributed by atoms with Crippen LogP contribution in [0.1, 0.15) is 33.1 Å². The summed E-state index contributed by atoms with van der Waals surface area (Å²) in [4.78, 5) is 28.4. The molecule has 1 aromatic carbocycles.